The predicted octanol–water partition coefficient (Wildman–Crippen LogP) is 5.71. The van der Waals surface area contributed by atoms with Gasteiger partial charge in [0.15, 0.2) is 5.75 Å². The van der Waals surface area contributed by atoms with Gasteiger partial charge >= 0.3 is 0 Å². The van der Waals surface area contributed by atoms with Crippen molar-refractivity contribution in [3.63, 3.8) is 0 Å². The number of methoxy groups -OCH3 is 1. The van der Waals surface area contributed by atoms with Crippen LogP contribution in [0, 0.1) is 0 Å². The molecular weight excluding hydrogens is 382 g/mol. The summed E-state index contributed by atoms with van der Waals surface area (Å²) in [7, 11) is 1.60. The summed E-state index contributed by atoms with van der Waals surface area (Å²) in [5.41, 5.74) is 3.23. The van der Waals surface area contributed by atoms with Gasteiger partial charge in [0.25, 0.3) is 5.91 Å². The number of aromatic amines is 1. The number of nitrogens with zero attached hydrogens (tertiary/aromatic N) is 1. The molecule has 0 aliphatic heterocycles. The van der Waals surface area contributed by atoms with E-state index in [1.165, 1.54) is 16.7 Å². The smallest absolute Gasteiger partial charge is 0.265 e. The molecule has 0 atom stereocenters. The molecule has 1 amide bonds. The minimum atomic E-state index is -0.159. The number of H-pyrrole nitrogens is 1. The van der Waals surface area contributed by atoms with Gasteiger partial charge in [-0.2, -0.15) is 5.10 Å². The fourth-order valence-electron chi connectivity index (χ4n) is 3.53. The second kappa shape index (κ2) is 7.07. The molecule has 5 nitrogen and oxygen atoms in total. The van der Waals surface area contributed by atoms with E-state index < -0.39 is 0 Å². The Morgan fingerprint density at radius 3 is 2.69 bits per heavy atom. The van der Waals surface area contributed by atoms with Gasteiger partial charge in [0, 0.05) is 5.56 Å². The molecule has 0 radical (unpaired) electrons. The Hall–Kier alpha value is -3.64. The number of hydrogen-bond acceptors (Lipinski definition) is 4. The fraction of sp³-hybridized carbons (Fsp3) is 0.0435. The van der Waals surface area contributed by atoms with E-state index >= 15 is 0 Å². The van der Waals surface area contributed by atoms with Gasteiger partial charge in [-0.1, -0.05) is 42.5 Å². The molecule has 0 aliphatic rings. The number of amides is 1. The largest absolute Gasteiger partial charge is 0.494 e. The summed E-state index contributed by atoms with van der Waals surface area (Å²) >= 11 is 1.40. The lowest BCUT2D eigenvalue weighted by Gasteiger charge is -2.12. The average molecular weight is 399 g/mol. The van der Waals surface area contributed by atoms with E-state index in [2.05, 4.69) is 39.8 Å². The second-order valence-corrected chi connectivity index (χ2v) is 7.58. The maximum atomic E-state index is 12.5. The van der Waals surface area contributed by atoms with Crippen LogP contribution in [0.4, 0.5) is 5.69 Å². The molecule has 5 aromatic rings. The maximum absolute atomic E-state index is 12.5. The highest BCUT2D eigenvalue weighted by Gasteiger charge is 2.18. The van der Waals surface area contributed by atoms with Crippen molar-refractivity contribution < 1.29 is 9.53 Å². The molecule has 0 spiro atoms. The van der Waals surface area contributed by atoms with E-state index in [9.17, 15) is 4.79 Å². The van der Waals surface area contributed by atoms with Gasteiger partial charge in [0.1, 0.15) is 5.69 Å². The zero-order valence-electron chi connectivity index (χ0n) is 15.6. The van der Waals surface area contributed by atoms with Crippen LogP contribution < -0.4 is 10.1 Å². The van der Waals surface area contributed by atoms with E-state index in [1.807, 2.05) is 41.8 Å². The molecule has 142 valence electrons. The van der Waals surface area contributed by atoms with Crippen molar-refractivity contribution in [1.29, 1.82) is 0 Å². The lowest BCUT2D eigenvalue weighted by molar-refractivity contribution is 0.103. The third-order valence-corrected chi connectivity index (χ3v) is 5.77. The van der Waals surface area contributed by atoms with Gasteiger partial charge in [-0.25, -0.2) is 0 Å². The van der Waals surface area contributed by atoms with Crippen LogP contribution in [0.1, 0.15) is 9.67 Å². The SMILES string of the molecule is COc1c(NC(=O)c2cccs2)ccc2[nH]nc(-c3ccc4ccccc4c3)c12. The topological polar surface area (TPSA) is 67.0 Å². The number of carbonyl (C=O) groups is 1. The Morgan fingerprint density at radius 2 is 1.90 bits per heavy atom. The van der Waals surface area contributed by atoms with Gasteiger partial charge in [0.2, 0.25) is 0 Å². The van der Waals surface area contributed by atoms with Crippen molar-refractivity contribution in [3.8, 4) is 17.0 Å². The summed E-state index contributed by atoms with van der Waals surface area (Å²) in [6, 6.07) is 21.8. The molecule has 2 aromatic heterocycles. The Kier molecular flexibility index (Phi) is 4.26. The number of ether oxygens (including phenoxy) is 1. The number of carbonyl (C=O) groups excluding carboxylic acids is 1. The highest BCUT2D eigenvalue weighted by atomic mass is 32.1. The van der Waals surface area contributed by atoms with Crippen LogP contribution in [0.2, 0.25) is 0 Å². The van der Waals surface area contributed by atoms with Crippen molar-refractivity contribution >= 4 is 44.6 Å². The normalized spacial score (nSPS) is 11.1. The maximum Gasteiger partial charge on any atom is 0.265 e. The molecule has 29 heavy (non-hydrogen) atoms. The molecular formula is C23H17N3O2S. The number of rotatable bonds is 4. The highest BCUT2D eigenvalue weighted by molar-refractivity contribution is 7.12. The minimum Gasteiger partial charge on any atom is -0.494 e. The quantitative estimate of drug-likeness (QED) is 0.407. The first-order chi connectivity index (χ1) is 14.2. The summed E-state index contributed by atoms with van der Waals surface area (Å²) in [4.78, 5) is 13.2. The van der Waals surface area contributed by atoms with Gasteiger partial charge in [-0.05, 0) is 40.4 Å². The van der Waals surface area contributed by atoms with Crippen molar-refractivity contribution in [2.45, 2.75) is 0 Å². The van der Waals surface area contributed by atoms with Crippen LogP contribution in [-0.4, -0.2) is 23.2 Å². The zero-order valence-corrected chi connectivity index (χ0v) is 16.4. The van der Waals surface area contributed by atoms with Crippen molar-refractivity contribution in [2.75, 3.05) is 12.4 Å². The Balaban J connectivity index is 1.64. The Morgan fingerprint density at radius 1 is 1.03 bits per heavy atom. The number of thiophene rings is 1. The molecule has 0 unspecified atom stereocenters. The van der Waals surface area contributed by atoms with Crippen LogP contribution in [0.25, 0.3) is 32.9 Å². The third-order valence-electron chi connectivity index (χ3n) is 4.90. The first kappa shape index (κ1) is 17.5. The number of benzene rings is 3. The molecule has 3 aromatic carbocycles. The average Bonchev–Trinajstić information content (AvgIpc) is 3.43. The molecule has 2 heterocycles. The summed E-state index contributed by atoms with van der Waals surface area (Å²) in [5, 5.41) is 15.6. The van der Waals surface area contributed by atoms with Crippen LogP contribution in [0.5, 0.6) is 5.75 Å². The predicted molar refractivity (Wildman–Crippen MR) is 118 cm³/mol. The third kappa shape index (κ3) is 3.03. The molecule has 2 N–H and O–H groups in total. The second-order valence-electron chi connectivity index (χ2n) is 6.63. The first-order valence-electron chi connectivity index (χ1n) is 9.13. The molecule has 6 heteroatoms. The van der Waals surface area contributed by atoms with E-state index in [0.29, 0.717) is 16.3 Å². The van der Waals surface area contributed by atoms with Crippen LogP contribution in [0.15, 0.2) is 72.1 Å². The lowest BCUT2D eigenvalue weighted by atomic mass is 10.0. The van der Waals surface area contributed by atoms with E-state index in [1.54, 1.807) is 13.2 Å². The number of anilines is 1. The minimum absolute atomic E-state index is 0.159. The first-order valence-corrected chi connectivity index (χ1v) is 10.0. The van der Waals surface area contributed by atoms with Crippen LogP contribution >= 0.6 is 11.3 Å². The molecule has 0 saturated carbocycles. The van der Waals surface area contributed by atoms with Crippen molar-refractivity contribution in [2.24, 2.45) is 0 Å². The number of fused-ring (bicyclic) bond motifs is 2. The Labute approximate surface area is 171 Å². The van der Waals surface area contributed by atoms with Gasteiger partial charge in [-0.3, -0.25) is 9.89 Å². The fourth-order valence-corrected chi connectivity index (χ4v) is 4.15. The standard InChI is InChI=1S/C23H17N3O2S/c1-28-22-18(24-23(27)19-7-4-12-29-19)11-10-17-20(22)21(26-25-17)16-9-8-14-5-2-3-6-15(14)13-16/h2-13H,1H3,(H,24,27)(H,25,26). The van der Waals surface area contributed by atoms with Crippen LogP contribution in [0.3, 0.4) is 0 Å². The summed E-state index contributed by atoms with van der Waals surface area (Å²) in [6.07, 6.45) is 0. The molecule has 0 bridgehead atoms. The molecule has 0 saturated heterocycles. The molecule has 5 rings (SSSR count). The lowest BCUT2D eigenvalue weighted by Crippen LogP contribution is -2.11. The van der Waals surface area contributed by atoms with Gasteiger partial charge in [0.05, 0.1) is 28.6 Å². The van der Waals surface area contributed by atoms with E-state index in [0.717, 1.165) is 27.5 Å². The van der Waals surface area contributed by atoms with Crippen molar-refractivity contribution in [1.82, 2.24) is 10.2 Å². The van der Waals surface area contributed by atoms with Crippen molar-refractivity contribution in [3.05, 3.63) is 77.0 Å². The summed E-state index contributed by atoms with van der Waals surface area (Å²) in [5.74, 6) is 0.428. The monoisotopic (exact) mass is 399 g/mol. The number of aromatic nitrogens is 2. The molecule has 0 fully saturated rings. The molecule has 0 aliphatic carbocycles. The zero-order chi connectivity index (χ0) is 19.8. The van der Waals surface area contributed by atoms with Gasteiger partial charge in [-0.15, -0.1) is 11.3 Å². The number of nitrogens with one attached hydrogen (secondary N) is 2. The van der Waals surface area contributed by atoms with Crippen LogP contribution in [-0.2, 0) is 0 Å². The summed E-state index contributed by atoms with van der Waals surface area (Å²) < 4.78 is 5.71. The van der Waals surface area contributed by atoms with E-state index in [-0.39, 0.29) is 5.91 Å². The number of hydrogen-bond donors (Lipinski definition) is 2. The summed E-state index contributed by atoms with van der Waals surface area (Å²) in [6.45, 7) is 0. The van der Waals surface area contributed by atoms with Gasteiger partial charge < -0.3 is 10.1 Å². The van der Waals surface area contributed by atoms with E-state index in [4.69, 9.17) is 4.74 Å². The Bertz CT molecular complexity index is 1340. The highest BCUT2D eigenvalue weighted by Crippen LogP contribution is 2.39.